The van der Waals surface area contributed by atoms with Gasteiger partial charge in [-0.05, 0) is 13.3 Å². The van der Waals surface area contributed by atoms with Gasteiger partial charge in [0, 0.05) is 13.0 Å². The Morgan fingerprint density at radius 2 is 2.28 bits per heavy atom. The number of hydrogen-bond acceptors (Lipinski definition) is 3. The van der Waals surface area contributed by atoms with E-state index in [0.717, 1.165) is 6.42 Å². The molecule has 1 aliphatic rings. The molecule has 0 saturated heterocycles. The van der Waals surface area contributed by atoms with Gasteiger partial charge in [0.15, 0.2) is 0 Å². The Morgan fingerprint density at radius 1 is 1.44 bits per heavy atom. The van der Waals surface area contributed by atoms with Crippen molar-refractivity contribution in [2.45, 2.75) is 38.1 Å². The van der Waals surface area contributed by atoms with Crippen LogP contribution < -0.4 is 0 Å². The van der Waals surface area contributed by atoms with Crippen molar-refractivity contribution in [2.75, 3.05) is 19.8 Å². The summed E-state index contributed by atoms with van der Waals surface area (Å²) in [5, 5.41) is 0. The summed E-state index contributed by atoms with van der Waals surface area (Å²) in [5.41, 5.74) is 0. The highest BCUT2D eigenvalue weighted by molar-refractivity contribution is 5.07. The molecule has 100 valence electrons. The van der Waals surface area contributed by atoms with E-state index in [-0.39, 0.29) is 18.3 Å². The van der Waals surface area contributed by atoms with Crippen molar-refractivity contribution in [1.29, 1.82) is 0 Å². The quantitative estimate of drug-likeness (QED) is 0.376. The van der Waals surface area contributed by atoms with E-state index in [2.05, 4.69) is 12.5 Å². The van der Waals surface area contributed by atoms with E-state index >= 15 is 0 Å². The second kappa shape index (κ2) is 8.93. The first kappa shape index (κ1) is 15.0. The molecule has 0 aliphatic carbocycles. The highest BCUT2D eigenvalue weighted by atomic mass is 16.6. The van der Waals surface area contributed by atoms with Crippen LogP contribution in [0.15, 0.2) is 24.8 Å². The standard InChI is InChI=1S/C15H22O3/c1-4-7-13-9-10-14(15(18-13)8-5-2)17-12-11-16-6-3/h2,4,9-10,13-15H,1,6-8,11-12H2,3H3/t13-,14+,15-/m1/s1. The molecule has 0 aromatic heterocycles. The first-order valence-corrected chi connectivity index (χ1v) is 6.39. The molecule has 0 bridgehead atoms. The molecule has 0 fully saturated rings. The predicted molar refractivity (Wildman–Crippen MR) is 72.3 cm³/mol. The summed E-state index contributed by atoms with van der Waals surface area (Å²) in [7, 11) is 0. The van der Waals surface area contributed by atoms with Crippen molar-refractivity contribution >= 4 is 0 Å². The first-order valence-electron chi connectivity index (χ1n) is 6.39. The van der Waals surface area contributed by atoms with Crippen LogP contribution in [-0.4, -0.2) is 38.1 Å². The van der Waals surface area contributed by atoms with E-state index < -0.39 is 0 Å². The van der Waals surface area contributed by atoms with Crippen LogP contribution in [0, 0.1) is 12.3 Å². The fourth-order valence-corrected chi connectivity index (χ4v) is 1.83. The lowest BCUT2D eigenvalue weighted by atomic mass is 10.0. The van der Waals surface area contributed by atoms with Crippen molar-refractivity contribution in [3.05, 3.63) is 24.8 Å². The summed E-state index contributed by atoms with van der Waals surface area (Å²) in [5.74, 6) is 2.64. The second-order valence-corrected chi connectivity index (χ2v) is 4.06. The maximum atomic E-state index is 5.87. The van der Waals surface area contributed by atoms with Crippen LogP contribution in [0.25, 0.3) is 0 Å². The SMILES string of the molecule is C#CC[C@H]1O[C@H](CC=C)C=C[C@@H]1OCCOCC. The van der Waals surface area contributed by atoms with Crippen molar-refractivity contribution < 1.29 is 14.2 Å². The van der Waals surface area contributed by atoms with Gasteiger partial charge in [0.1, 0.15) is 6.10 Å². The van der Waals surface area contributed by atoms with Crippen LogP contribution in [0.4, 0.5) is 0 Å². The molecule has 0 saturated carbocycles. The Kier molecular flexibility index (Phi) is 7.43. The van der Waals surface area contributed by atoms with Crippen LogP contribution in [0.1, 0.15) is 19.8 Å². The summed E-state index contributed by atoms with van der Waals surface area (Å²) in [4.78, 5) is 0. The Balaban J connectivity index is 2.45. The topological polar surface area (TPSA) is 27.7 Å². The minimum atomic E-state index is -0.0810. The molecule has 0 spiro atoms. The molecule has 0 aromatic rings. The molecule has 0 unspecified atom stereocenters. The van der Waals surface area contributed by atoms with Gasteiger partial charge in [-0.15, -0.1) is 18.9 Å². The van der Waals surface area contributed by atoms with Crippen LogP contribution in [0.2, 0.25) is 0 Å². The van der Waals surface area contributed by atoms with Gasteiger partial charge >= 0.3 is 0 Å². The second-order valence-electron chi connectivity index (χ2n) is 4.06. The summed E-state index contributed by atoms with van der Waals surface area (Å²) in [6.45, 7) is 7.53. The summed E-state index contributed by atoms with van der Waals surface area (Å²) in [6.07, 6.45) is 12.5. The van der Waals surface area contributed by atoms with Crippen LogP contribution >= 0.6 is 0 Å². The zero-order valence-electron chi connectivity index (χ0n) is 11.0. The monoisotopic (exact) mass is 250 g/mol. The largest absolute Gasteiger partial charge is 0.379 e. The third-order valence-corrected chi connectivity index (χ3v) is 2.69. The Labute approximate surface area is 110 Å². The van der Waals surface area contributed by atoms with E-state index in [1.165, 1.54) is 0 Å². The fraction of sp³-hybridized carbons (Fsp3) is 0.600. The van der Waals surface area contributed by atoms with E-state index in [9.17, 15) is 0 Å². The molecule has 3 heteroatoms. The minimum absolute atomic E-state index is 0.0626. The highest BCUT2D eigenvalue weighted by Crippen LogP contribution is 2.20. The molecule has 0 aromatic carbocycles. The van der Waals surface area contributed by atoms with E-state index in [0.29, 0.717) is 26.2 Å². The molecule has 0 amide bonds. The molecule has 0 radical (unpaired) electrons. The zero-order chi connectivity index (χ0) is 13.2. The maximum absolute atomic E-state index is 5.87. The number of rotatable bonds is 8. The molecule has 1 aliphatic heterocycles. The smallest absolute Gasteiger partial charge is 0.103 e. The Hall–Kier alpha value is -1.08. The van der Waals surface area contributed by atoms with Gasteiger partial charge in [-0.3, -0.25) is 0 Å². The number of ether oxygens (including phenoxy) is 3. The average molecular weight is 250 g/mol. The Bertz CT molecular complexity index is 303. The van der Waals surface area contributed by atoms with Gasteiger partial charge in [-0.1, -0.05) is 18.2 Å². The highest BCUT2D eigenvalue weighted by Gasteiger charge is 2.26. The molecular weight excluding hydrogens is 228 g/mol. The van der Waals surface area contributed by atoms with Gasteiger partial charge in [0.05, 0.1) is 25.4 Å². The first-order chi connectivity index (χ1) is 8.81. The van der Waals surface area contributed by atoms with Crippen LogP contribution in [-0.2, 0) is 14.2 Å². The van der Waals surface area contributed by atoms with Crippen LogP contribution in [0.5, 0.6) is 0 Å². The molecular formula is C15H22O3. The summed E-state index contributed by atoms with van der Waals surface area (Å²) in [6, 6.07) is 0. The molecule has 3 nitrogen and oxygen atoms in total. The van der Waals surface area contributed by atoms with E-state index in [4.69, 9.17) is 20.6 Å². The molecule has 1 heterocycles. The zero-order valence-corrected chi connectivity index (χ0v) is 11.0. The van der Waals surface area contributed by atoms with Gasteiger partial charge in [0.2, 0.25) is 0 Å². The van der Waals surface area contributed by atoms with Crippen molar-refractivity contribution in [2.24, 2.45) is 0 Å². The van der Waals surface area contributed by atoms with Gasteiger partial charge in [-0.2, -0.15) is 0 Å². The lowest BCUT2D eigenvalue weighted by molar-refractivity contribution is -0.0871. The molecule has 18 heavy (non-hydrogen) atoms. The number of terminal acetylenes is 1. The molecule has 1 rings (SSSR count). The summed E-state index contributed by atoms with van der Waals surface area (Å²) >= 11 is 0. The third-order valence-electron chi connectivity index (χ3n) is 2.69. The molecule has 0 N–H and O–H groups in total. The van der Waals surface area contributed by atoms with Crippen molar-refractivity contribution in [1.82, 2.24) is 0 Å². The number of hydrogen-bond donors (Lipinski definition) is 0. The predicted octanol–water partition coefficient (Wildman–Crippen LogP) is 2.33. The van der Waals surface area contributed by atoms with E-state index in [1.807, 2.05) is 25.2 Å². The van der Waals surface area contributed by atoms with Crippen molar-refractivity contribution in [3.8, 4) is 12.3 Å². The summed E-state index contributed by atoms with van der Waals surface area (Å²) < 4.78 is 16.8. The molecule has 3 atom stereocenters. The average Bonchev–Trinajstić information content (AvgIpc) is 2.37. The lowest BCUT2D eigenvalue weighted by Crippen LogP contribution is -2.37. The van der Waals surface area contributed by atoms with E-state index in [1.54, 1.807) is 0 Å². The van der Waals surface area contributed by atoms with Gasteiger partial charge in [-0.25, -0.2) is 0 Å². The fourth-order valence-electron chi connectivity index (χ4n) is 1.83. The normalized spacial score (nSPS) is 26.8. The maximum Gasteiger partial charge on any atom is 0.103 e. The van der Waals surface area contributed by atoms with Gasteiger partial charge in [0.25, 0.3) is 0 Å². The van der Waals surface area contributed by atoms with Gasteiger partial charge < -0.3 is 14.2 Å². The lowest BCUT2D eigenvalue weighted by Gasteiger charge is -2.31. The Morgan fingerprint density at radius 3 is 2.94 bits per heavy atom. The van der Waals surface area contributed by atoms with Crippen molar-refractivity contribution in [3.63, 3.8) is 0 Å². The third kappa shape index (κ3) is 5.05. The van der Waals surface area contributed by atoms with Crippen LogP contribution in [0.3, 0.4) is 0 Å². The minimum Gasteiger partial charge on any atom is -0.379 e.